The topological polar surface area (TPSA) is 57.2 Å². The lowest BCUT2D eigenvalue weighted by Gasteiger charge is -1.95. The Morgan fingerprint density at radius 3 is 1.75 bits per heavy atom. The van der Waals surface area contributed by atoms with Crippen molar-refractivity contribution in [1.82, 2.24) is 4.67 Å². The van der Waals surface area contributed by atoms with Gasteiger partial charge >= 0.3 is 11.9 Å². The van der Waals surface area contributed by atoms with Crippen LogP contribution in [-0.4, -0.2) is 16.8 Å². The first-order chi connectivity index (χ1) is 11.7. The van der Waals surface area contributed by atoms with Crippen molar-refractivity contribution in [2.75, 3.05) is 0 Å². The van der Waals surface area contributed by atoms with Crippen LogP contribution in [-0.2, 0) is 0 Å². The summed E-state index contributed by atoms with van der Waals surface area (Å²) in [6, 6.07) is 26.2. The van der Waals surface area contributed by atoms with Gasteiger partial charge in [0.25, 0.3) is 5.69 Å². The van der Waals surface area contributed by atoms with Gasteiger partial charge in [-0.05, 0) is 36.4 Å². The second-order valence-corrected chi connectivity index (χ2v) is 5.19. The molecule has 0 spiro atoms. The number of hydrogen-bond donors (Lipinski definition) is 0. The lowest BCUT2D eigenvalue weighted by atomic mass is 10.0. The number of benzene rings is 3. The minimum Gasteiger partial charge on any atom is -0.258 e. The van der Waals surface area contributed by atoms with Gasteiger partial charge in [-0.15, -0.1) is 0 Å². The van der Waals surface area contributed by atoms with E-state index < -0.39 is 4.92 Å². The van der Waals surface area contributed by atoms with E-state index in [1.165, 1.54) is 12.1 Å². The number of nitrogens with zero attached hydrogens (tertiary/aromatic N) is 2. The second-order valence-electron chi connectivity index (χ2n) is 5.19. The quantitative estimate of drug-likeness (QED) is 0.319. The van der Waals surface area contributed by atoms with Crippen molar-refractivity contribution in [1.29, 1.82) is 0 Å². The summed E-state index contributed by atoms with van der Waals surface area (Å²) in [5, 5.41) is 10.7. The molecule has 24 heavy (non-hydrogen) atoms. The van der Waals surface area contributed by atoms with Crippen molar-refractivity contribution in [3.05, 3.63) is 112 Å². The minimum absolute atomic E-state index is 0.0717. The van der Waals surface area contributed by atoms with Gasteiger partial charge in [0.05, 0.1) is 21.6 Å². The average molecular weight is 315 g/mol. The molecule has 4 nitrogen and oxygen atoms in total. The molecular weight excluding hydrogens is 300 g/mol. The molecule has 0 saturated carbocycles. The lowest BCUT2D eigenvalue weighted by Crippen LogP contribution is -2.07. The zero-order valence-corrected chi connectivity index (χ0v) is 12.9. The molecule has 0 saturated heterocycles. The summed E-state index contributed by atoms with van der Waals surface area (Å²) in [4.78, 5) is 10.3. The predicted molar refractivity (Wildman–Crippen MR) is 96.5 cm³/mol. The van der Waals surface area contributed by atoms with Crippen molar-refractivity contribution in [2.24, 2.45) is 0 Å². The molecule has 0 aliphatic carbocycles. The third-order valence-corrected chi connectivity index (χ3v) is 3.54. The summed E-state index contributed by atoms with van der Waals surface area (Å²) in [5.74, 6) is 0. The fourth-order valence-electron chi connectivity index (χ4n) is 2.33. The van der Waals surface area contributed by atoms with Crippen molar-refractivity contribution < 1.29 is 4.92 Å². The first-order valence-corrected chi connectivity index (χ1v) is 7.50. The molecule has 3 aromatic rings. The van der Waals surface area contributed by atoms with E-state index in [4.69, 9.17) is 0 Å². The van der Waals surface area contributed by atoms with Crippen LogP contribution in [0.5, 0.6) is 0 Å². The van der Waals surface area contributed by atoms with Crippen molar-refractivity contribution in [3.63, 3.8) is 0 Å². The van der Waals surface area contributed by atoms with Crippen LogP contribution in [0.2, 0.25) is 0 Å². The van der Waals surface area contributed by atoms with Crippen LogP contribution >= 0.6 is 0 Å². The summed E-state index contributed by atoms with van der Waals surface area (Å²) in [6.07, 6.45) is 1.72. The third kappa shape index (κ3) is 3.64. The molecule has 0 aliphatic rings. The van der Waals surface area contributed by atoms with Crippen LogP contribution in [0.3, 0.4) is 0 Å². The predicted octanol–water partition coefficient (Wildman–Crippen LogP) is 3.62. The second kappa shape index (κ2) is 7.18. The Kier molecular flexibility index (Phi) is 4.61. The van der Waals surface area contributed by atoms with Crippen molar-refractivity contribution >= 4 is 17.6 Å². The Morgan fingerprint density at radius 1 is 0.792 bits per heavy atom. The van der Waals surface area contributed by atoms with Gasteiger partial charge in [-0.25, -0.2) is 0 Å². The zero-order chi connectivity index (χ0) is 16.8. The van der Waals surface area contributed by atoms with Crippen molar-refractivity contribution in [3.8, 4) is 0 Å². The highest BCUT2D eigenvalue weighted by atomic mass is 16.6. The molecule has 3 aromatic carbocycles. The Morgan fingerprint density at radius 2 is 1.29 bits per heavy atom. The summed E-state index contributed by atoms with van der Waals surface area (Å²) in [7, 11) is 0. The highest BCUT2D eigenvalue weighted by molar-refractivity contribution is 6.13. The molecule has 4 heteroatoms. The Bertz CT molecular complexity index is 854. The van der Waals surface area contributed by atoms with E-state index in [-0.39, 0.29) is 5.69 Å². The maximum atomic E-state index is 10.7. The SMILES string of the molecule is O=[N+]([O-])c1ccc(C=[N+]=C(c2ccccc2)c2ccccc2)cc1. The van der Waals surface area contributed by atoms with Crippen LogP contribution < -0.4 is 4.67 Å². The van der Waals surface area contributed by atoms with Crippen LogP contribution in [0.15, 0.2) is 84.9 Å². The smallest absolute Gasteiger partial charge is 0.258 e. The molecule has 0 N–H and O–H groups in total. The van der Waals surface area contributed by atoms with E-state index in [0.717, 1.165) is 22.4 Å². The molecule has 0 aromatic heterocycles. The molecule has 116 valence electrons. The molecule has 0 atom stereocenters. The standard InChI is InChI=1S/C20H15N2O2/c23-22(24)19-13-11-16(12-14-19)15-21-20(17-7-3-1-4-8-17)18-9-5-2-6-10-18/h1-15H/q+1. The minimum atomic E-state index is -0.410. The molecular formula is C20H15N2O2+. The summed E-state index contributed by atoms with van der Waals surface area (Å²) in [6.45, 7) is 0. The number of hydrogen-bond acceptors (Lipinski definition) is 2. The molecule has 0 aliphatic heterocycles. The van der Waals surface area contributed by atoms with Gasteiger partial charge in [0.2, 0.25) is 0 Å². The van der Waals surface area contributed by atoms with Crippen LogP contribution in [0.25, 0.3) is 0 Å². The van der Waals surface area contributed by atoms with E-state index >= 15 is 0 Å². The zero-order valence-electron chi connectivity index (χ0n) is 12.9. The largest absolute Gasteiger partial charge is 0.341 e. The molecule has 0 amide bonds. The average Bonchev–Trinajstić information content (AvgIpc) is 2.64. The lowest BCUT2D eigenvalue weighted by molar-refractivity contribution is -0.384. The highest BCUT2D eigenvalue weighted by Gasteiger charge is 2.15. The Balaban J connectivity index is 2.05. The molecule has 3 rings (SSSR count). The molecule has 0 heterocycles. The van der Waals surface area contributed by atoms with Gasteiger partial charge in [-0.2, -0.15) is 0 Å². The van der Waals surface area contributed by atoms with E-state index in [9.17, 15) is 10.1 Å². The maximum Gasteiger partial charge on any atom is 0.341 e. The first-order valence-electron chi connectivity index (χ1n) is 7.50. The molecule has 0 radical (unpaired) electrons. The van der Waals surface area contributed by atoms with E-state index in [1.807, 2.05) is 60.7 Å². The van der Waals surface area contributed by atoms with Crippen LogP contribution in [0.1, 0.15) is 16.7 Å². The Hall–Kier alpha value is -3.49. The van der Waals surface area contributed by atoms with Gasteiger partial charge in [0, 0.05) is 12.1 Å². The van der Waals surface area contributed by atoms with E-state index in [1.54, 1.807) is 18.3 Å². The van der Waals surface area contributed by atoms with Crippen molar-refractivity contribution in [2.45, 2.75) is 0 Å². The van der Waals surface area contributed by atoms with E-state index in [2.05, 4.69) is 4.67 Å². The highest BCUT2D eigenvalue weighted by Crippen LogP contribution is 2.11. The molecule has 0 unspecified atom stereocenters. The monoisotopic (exact) mass is 315 g/mol. The number of rotatable bonds is 4. The van der Waals surface area contributed by atoms with Gasteiger partial charge < -0.3 is 0 Å². The number of nitro groups is 1. The Labute approximate surface area is 139 Å². The number of non-ortho nitro benzene ring substituents is 1. The van der Waals surface area contributed by atoms with Gasteiger partial charge in [0.1, 0.15) is 0 Å². The van der Waals surface area contributed by atoms with Gasteiger partial charge in [-0.1, -0.05) is 41.1 Å². The van der Waals surface area contributed by atoms with Crippen LogP contribution in [0, 0.1) is 10.1 Å². The summed E-state index contributed by atoms with van der Waals surface area (Å²) < 4.78 is 4.63. The normalized spacial score (nSPS) is 9.83. The molecule has 0 bridgehead atoms. The summed E-state index contributed by atoms with van der Waals surface area (Å²) >= 11 is 0. The summed E-state index contributed by atoms with van der Waals surface area (Å²) in [5.41, 5.74) is 3.77. The first kappa shape index (κ1) is 15.4. The van der Waals surface area contributed by atoms with Gasteiger partial charge in [-0.3, -0.25) is 10.1 Å². The fraction of sp³-hybridized carbons (Fsp3) is 0. The van der Waals surface area contributed by atoms with Gasteiger partial charge in [0.15, 0.2) is 0 Å². The molecule has 0 fully saturated rings. The number of nitro benzene ring substituents is 1. The fourth-order valence-corrected chi connectivity index (χ4v) is 2.33. The maximum absolute atomic E-state index is 10.7. The van der Waals surface area contributed by atoms with Crippen LogP contribution in [0.4, 0.5) is 5.69 Å². The van der Waals surface area contributed by atoms with E-state index in [0.29, 0.717) is 0 Å². The third-order valence-electron chi connectivity index (χ3n) is 3.54.